The molecule has 2 amide bonds. The number of benzene rings is 3. The third kappa shape index (κ3) is 3.67. The molecule has 4 rings (SSSR count). The number of hydrogen-bond donors (Lipinski definition) is 3. The lowest BCUT2D eigenvalue weighted by molar-refractivity contribution is -0.116. The smallest absolute Gasteiger partial charge is 0.251 e. The van der Waals surface area contributed by atoms with E-state index in [0.29, 0.717) is 5.56 Å². The van der Waals surface area contributed by atoms with Gasteiger partial charge in [0.25, 0.3) is 5.91 Å². The molecule has 0 aliphatic carbocycles. The fraction of sp³-hybridized carbons (Fsp3) is 0.0909. The summed E-state index contributed by atoms with van der Waals surface area (Å²) in [4.78, 5) is 27.6. The summed E-state index contributed by atoms with van der Waals surface area (Å²) in [5.74, 6) is -0.316. The number of carbonyl (C=O) groups is 2. The molecule has 0 aliphatic heterocycles. The molecule has 134 valence electrons. The van der Waals surface area contributed by atoms with Crippen LogP contribution in [0.3, 0.4) is 0 Å². The Bertz CT molecular complexity index is 1130. The third-order valence-electron chi connectivity index (χ3n) is 4.52. The second-order valence-corrected chi connectivity index (χ2v) is 6.36. The van der Waals surface area contributed by atoms with Gasteiger partial charge in [0.2, 0.25) is 5.91 Å². The Kier molecular flexibility index (Phi) is 4.58. The van der Waals surface area contributed by atoms with Crippen LogP contribution in [0.1, 0.15) is 16.8 Å². The van der Waals surface area contributed by atoms with Gasteiger partial charge in [-0.05, 0) is 41.1 Å². The molecule has 3 aromatic carbocycles. The molecule has 0 saturated heterocycles. The number of nitrogens with one attached hydrogen (secondary N) is 3. The molecule has 5 heteroatoms. The largest absolute Gasteiger partial charge is 0.361 e. The van der Waals surface area contributed by atoms with E-state index in [1.54, 1.807) is 6.07 Å². The number of rotatable bonds is 5. The summed E-state index contributed by atoms with van der Waals surface area (Å²) in [5, 5.41) is 8.78. The number of aromatic nitrogens is 1. The Labute approximate surface area is 156 Å². The molecule has 0 bridgehead atoms. The highest BCUT2D eigenvalue weighted by Crippen LogP contribution is 2.22. The van der Waals surface area contributed by atoms with Crippen molar-refractivity contribution in [2.45, 2.75) is 6.42 Å². The van der Waals surface area contributed by atoms with Gasteiger partial charge in [-0.25, -0.2) is 0 Å². The van der Waals surface area contributed by atoms with Crippen molar-refractivity contribution in [2.75, 3.05) is 11.9 Å². The first-order valence-electron chi connectivity index (χ1n) is 8.84. The highest BCUT2D eigenvalue weighted by atomic mass is 16.2. The summed E-state index contributed by atoms with van der Waals surface area (Å²) < 4.78 is 0. The van der Waals surface area contributed by atoms with E-state index in [9.17, 15) is 9.59 Å². The predicted molar refractivity (Wildman–Crippen MR) is 108 cm³/mol. The fourth-order valence-electron chi connectivity index (χ4n) is 3.13. The Balaban J connectivity index is 1.34. The van der Waals surface area contributed by atoms with Crippen LogP contribution in [0.5, 0.6) is 0 Å². The number of carbonyl (C=O) groups excluding carboxylic acids is 2. The zero-order valence-electron chi connectivity index (χ0n) is 14.7. The molecule has 0 aliphatic rings. The molecular formula is C22H19N3O2. The molecule has 1 aromatic heterocycles. The zero-order valence-corrected chi connectivity index (χ0v) is 14.7. The lowest BCUT2D eigenvalue weighted by atomic mass is 10.1. The Morgan fingerprint density at radius 3 is 2.63 bits per heavy atom. The molecule has 1 heterocycles. The van der Waals surface area contributed by atoms with Crippen molar-refractivity contribution >= 4 is 39.2 Å². The van der Waals surface area contributed by atoms with E-state index in [0.717, 1.165) is 27.4 Å². The van der Waals surface area contributed by atoms with Crippen LogP contribution < -0.4 is 10.6 Å². The van der Waals surface area contributed by atoms with E-state index in [-0.39, 0.29) is 24.8 Å². The topological polar surface area (TPSA) is 74.0 Å². The third-order valence-corrected chi connectivity index (χ3v) is 4.52. The fourth-order valence-corrected chi connectivity index (χ4v) is 3.13. The molecule has 0 radical (unpaired) electrons. The van der Waals surface area contributed by atoms with Gasteiger partial charge in [-0.15, -0.1) is 0 Å². The molecule has 3 N–H and O–H groups in total. The minimum Gasteiger partial charge on any atom is -0.361 e. The van der Waals surface area contributed by atoms with Crippen molar-refractivity contribution in [2.24, 2.45) is 0 Å². The van der Waals surface area contributed by atoms with Gasteiger partial charge in [0, 0.05) is 35.6 Å². The highest BCUT2D eigenvalue weighted by Gasteiger charge is 2.09. The predicted octanol–water partition coefficient (Wildman–Crippen LogP) is 4.08. The number of H-pyrrole nitrogens is 1. The molecule has 0 atom stereocenters. The van der Waals surface area contributed by atoms with Crippen molar-refractivity contribution in [3.63, 3.8) is 0 Å². The lowest BCUT2D eigenvalue weighted by Crippen LogP contribution is -2.27. The summed E-state index contributed by atoms with van der Waals surface area (Å²) in [6, 6.07) is 21.1. The Morgan fingerprint density at radius 1 is 0.889 bits per heavy atom. The van der Waals surface area contributed by atoms with Crippen LogP contribution in [0.4, 0.5) is 5.69 Å². The summed E-state index contributed by atoms with van der Waals surface area (Å²) in [6.45, 7) is 0.278. The van der Waals surface area contributed by atoms with Crippen LogP contribution in [0.15, 0.2) is 72.9 Å². The van der Waals surface area contributed by atoms with Gasteiger partial charge in [-0.3, -0.25) is 9.59 Å². The van der Waals surface area contributed by atoms with E-state index in [1.807, 2.05) is 66.9 Å². The van der Waals surface area contributed by atoms with Crippen LogP contribution in [0, 0.1) is 0 Å². The molecule has 0 saturated carbocycles. The van der Waals surface area contributed by atoms with E-state index in [4.69, 9.17) is 0 Å². The average molecular weight is 357 g/mol. The zero-order chi connectivity index (χ0) is 18.6. The summed E-state index contributed by atoms with van der Waals surface area (Å²) >= 11 is 0. The van der Waals surface area contributed by atoms with Crippen LogP contribution in [-0.4, -0.2) is 23.3 Å². The van der Waals surface area contributed by atoms with E-state index in [2.05, 4.69) is 15.6 Å². The summed E-state index contributed by atoms with van der Waals surface area (Å²) in [6.07, 6.45) is 2.05. The Morgan fingerprint density at radius 2 is 1.74 bits per heavy atom. The van der Waals surface area contributed by atoms with Gasteiger partial charge in [-0.2, -0.15) is 0 Å². The first kappa shape index (κ1) is 16.8. The molecule has 27 heavy (non-hydrogen) atoms. The van der Waals surface area contributed by atoms with E-state index < -0.39 is 0 Å². The van der Waals surface area contributed by atoms with Gasteiger partial charge < -0.3 is 15.6 Å². The van der Waals surface area contributed by atoms with Crippen molar-refractivity contribution in [1.29, 1.82) is 0 Å². The van der Waals surface area contributed by atoms with Crippen molar-refractivity contribution in [1.82, 2.24) is 10.3 Å². The van der Waals surface area contributed by atoms with Crippen LogP contribution in [-0.2, 0) is 4.79 Å². The molecule has 5 nitrogen and oxygen atoms in total. The second kappa shape index (κ2) is 7.33. The van der Waals surface area contributed by atoms with Gasteiger partial charge in [0.1, 0.15) is 0 Å². The molecule has 0 spiro atoms. The Hall–Kier alpha value is -3.60. The van der Waals surface area contributed by atoms with Crippen molar-refractivity contribution in [3.8, 4) is 0 Å². The first-order chi connectivity index (χ1) is 13.2. The SMILES string of the molecule is O=C(CCNC(=O)c1ccc2ccccc2c1)Nc1cccc2[nH]ccc12. The molecule has 0 fully saturated rings. The lowest BCUT2D eigenvalue weighted by Gasteiger charge is -2.08. The van der Waals surface area contributed by atoms with E-state index >= 15 is 0 Å². The monoisotopic (exact) mass is 357 g/mol. The second-order valence-electron chi connectivity index (χ2n) is 6.36. The first-order valence-corrected chi connectivity index (χ1v) is 8.84. The van der Waals surface area contributed by atoms with Gasteiger partial charge in [0.05, 0.1) is 5.69 Å². The quantitative estimate of drug-likeness (QED) is 0.503. The van der Waals surface area contributed by atoms with Gasteiger partial charge in [-0.1, -0.05) is 36.4 Å². The van der Waals surface area contributed by atoms with Crippen LogP contribution in [0.2, 0.25) is 0 Å². The molecule has 0 unspecified atom stereocenters. The van der Waals surface area contributed by atoms with Crippen LogP contribution in [0.25, 0.3) is 21.7 Å². The van der Waals surface area contributed by atoms with Gasteiger partial charge in [0.15, 0.2) is 0 Å². The summed E-state index contributed by atoms with van der Waals surface area (Å²) in [5.41, 5.74) is 2.32. The highest BCUT2D eigenvalue weighted by molar-refractivity contribution is 6.02. The molecule has 4 aromatic rings. The number of aromatic amines is 1. The van der Waals surface area contributed by atoms with Gasteiger partial charge >= 0.3 is 0 Å². The number of hydrogen-bond acceptors (Lipinski definition) is 2. The standard InChI is InChI=1S/C22H19N3O2/c26-21(25-20-7-3-6-19-18(20)10-12-23-19)11-13-24-22(27)17-9-8-15-4-1-2-5-16(15)14-17/h1-10,12,14,23H,11,13H2,(H,24,27)(H,25,26). The van der Waals surface area contributed by atoms with E-state index in [1.165, 1.54) is 0 Å². The normalized spacial score (nSPS) is 10.8. The van der Waals surface area contributed by atoms with Crippen LogP contribution >= 0.6 is 0 Å². The average Bonchev–Trinajstić information content (AvgIpc) is 3.17. The minimum atomic E-state index is -0.179. The molecular weight excluding hydrogens is 338 g/mol. The van der Waals surface area contributed by atoms with Crippen molar-refractivity contribution in [3.05, 3.63) is 78.5 Å². The maximum atomic E-state index is 12.3. The number of anilines is 1. The minimum absolute atomic E-state index is 0.137. The number of fused-ring (bicyclic) bond motifs is 2. The maximum Gasteiger partial charge on any atom is 0.251 e. The van der Waals surface area contributed by atoms with Crippen molar-refractivity contribution < 1.29 is 9.59 Å². The summed E-state index contributed by atoms with van der Waals surface area (Å²) in [7, 11) is 0. The maximum absolute atomic E-state index is 12.3. The number of amides is 2.